The predicted molar refractivity (Wildman–Crippen MR) is 73.7 cm³/mol. The molecule has 0 unspecified atom stereocenters. The van der Waals surface area contributed by atoms with E-state index in [-0.39, 0.29) is 6.10 Å². The molecule has 0 atom stereocenters. The number of benzene rings is 1. The highest BCUT2D eigenvalue weighted by atomic mass is 16.5. The molecule has 0 radical (unpaired) electrons. The third-order valence-electron chi connectivity index (χ3n) is 2.69. The van der Waals surface area contributed by atoms with Gasteiger partial charge in [0.2, 0.25) is 0 Å². The molecule has 0 heterocycles. The number of nitrogens with one attached hydrogen (secondary N) is 1. The van der Waals surface area contributed by atoms with E-state index in [1.807, 2.05) is 7.05 Å². The van der Waals surface area contributed by atoms with Crippen LogP contribution in [0.1, 0.15) is 38.7 Å². The lowest BCUT2D eigenvalue weighted by Gasteiger charge is -2.10. The maximum atomic E-state index is 5.62. The molecule has 0 aromatic heterocycles. The van der Waals surface area contributed by atoms with E-state index >= 15 is 0 Å². The van der Waals surface area contributed by atoms with E-state index < -0.39 is 0 Å². The Morgan fingerprint density at radius 2 is 1.76 bits per heavy atom. The van der Waals surface area contributed by atoms with Crippen LogP contribution in [0.3, 0.4) is 0 Å². The SMILES string of the molecule is CNCCCCCc1ccc(OC(C)C)cc1. The van der Waals surface area contributed by atoms with Crippen molar-refractivity contribution >= 4 is 0 Å². The molecular formula is C15H25NO. The molecule has 0 spiro atoms. The van der Waals surface area contributed by atoms with Crippen molar-refractivity contribution in [1.29, 1.82) is 0 Å². The number of rotatable bonds is 8. The molecule has 0 aliphatic carbocycles. The summed E-state index contributed by atoms with van der Waals surface area (Å²) in [6, 6.07) is 8.50. The Labute approximate surface area is 105 Å². The van der Waals surface area contributed by atoms with Crippen LogP contribution < -0.4 is 10.1 Å². The zero-order chi connectivity index (χ0) is 12.5. The van der Waals surface area contributed by atoms with Crippen LogP contribution in [0.4, 0.5) is 0 Å². The fourth-order valence-corrected chi connectivity index (χ4v) is 1.81. The van der Waals surface area contributed by atoms with Crippen molar-refractivity contribution in [3.05, 3.63) is 29.8 Å². The molecule has 1 aromatic rings. The van der Waals surface area contributed by atoms with Crippen LogP contribution in [0.25, 0.3) is 0 Å². The first kappa shape index (κ1) is 14.0. The molecule has 0 aliphatic heterocycles. The highest BCUT2D eigenvalue weighted by Crippen LogP contribution is 2.15. The minimum Gasteiger partial charge on any atom is -0.491 e. The summed E-state index contributed by atoms with van der Waals surface area (Å²) in [7, 11) is 2.01. The summed E-state index contributed by atoms with van der Waals surface area (Å²) in [5.41, 5.74) is 1.41. The molecule has 1 aromatic carbocycles. The van der Waals surface area contributed by atoms with Crippen LogP contribution in [-0.4, -0.2) is 19.7 Å². The Balaban J connectivity index is 2.25. The molecule has 17 heavy (non-hydrogen) atoms. The van der Waals surface area contributed by atoms with E-state index in [0.717, 1.165) is 12.3 Å². The second-order valence-corrected chi connectivity index (χ2v) is 4.72. The number of hydrogen-bond donors (Lipinski definition) is 1. The molecule has 0 saturated heterocycles. The van der Waals surface area contributed by atoms with E-state index in [1.54, 1.807) is 0 Å². The van der Waals surface area contributed by atoms with Gasteiger partial charge in [0.1, 0.15) is 5.75 Å². The lowest BCUT2D eigenvalue weighted by Crippen LogP contribution is -2.07. The van der Waals surface area contributed by atoms with Gasteiger partial charge in [0.25, 0.3) is 0 Å². The molecule has 2 nitrogen and oxygen atoms in total. The van der Waals surface area contributed by atoms with Crippen molar-refractivity contribution in [1.82, 2.24) is 5.32 Å². The van der Waals surface area contributed by atoms with Gasteiger partial charge in [-0.1, -0.05) is 18.6 Å². The number of hydrogen-bond acceptors (Lipinski definition) is 2. The Morgan fingerprint density at radius 1 is 1.06 bits per heavy atom. The van der Waals surface area contributed by atoms with Gasteiger partial charge in [0, 0.05) is 0 Å². The summed E-state index contributed by atoms with van der Waals surface area (Å²) in [4.78, 5) is 0. The van der Waals surface area contributed by atoms with E-state index in [9.17, 15) is 0 Å². The van der Waals surface area contributed by atoms with Gasteiger partial charge in [-0.2, -0.15) is 0 Å². The second-order valence-electron chi connectivity index (χ2n) is 4.72. The van der Waals surface area contributed by atoms with Crippen LogP contribution in [0.5, 0.6) is 5.75 Å². The largest absolute Gasteiger partial charge is 0.491 e. The van der Waals surface area contributed by atoms with Crippen molar-refractivity contribution < 1.29 is 4.74 Å². The predicted octanol–water partition coefficient (Wildman–Crippen LogP) is 3.41. The molecule has 0 amide bonds. The topological polar surface area (TPSA) is 21.3 Å². The summed E-state index contributed by atoms with van der Waals surface area (Å²) < 4.78 is 5.62. The summed E-state index contributed by atoms with van der Waals surface area (Å²) in [6.45, 7) is 5.23. The van der Waals surface area contributed by atoms with Crippen LogP contribution in [-0.2, 0) is 6.42 Å². The van der Waals surface area contributed by atoms with Crippen LogP contribution in [0.15, 0.2) is 24.3 Å². The molecule has 0 bridgehead atoms. The van der Waals surface area contributed by atoms with Gasteiger partial charge < -0.3 is 10.1 Å². The van der Waals surface area contributed by atoms with Crippen LogP contribution in [0.2, 0.25) is 0 Å². The Hall–Kier alpha value is -1.02. The third-order valence-corrected chi connectivity index (χ3v) is 2.69. The highest BCUT2D eigenvalue weighted by molar-refractivity contribution is 5.27. The quantitative estimate of drug-likeness (QED) is 0.697. The Kier molecular flexibility index (Phi) is 6.71. The van der Waals surface area contributed by atoms with Crippen LogP contribution >= 0.6 is 0 Å². The molecule has 0 fully saturated rings. The Bertz CT molecular complexity index is 292. The fraction of sp³-hybridized carbons (Fsp3) is 0.600. The standard InChI is InChI=1S/C15H25NO/c1-13(2)17-15-10-8-14(9-11-15)7-5-4-6-12-16-3/h8-11,13,16H,4-7,12H2,1-3H3. The molecule has 2 heteroatoms. The average molecular weight is 235 g/mol. The lowest BCUT2D eigenvalue weighted by atomic mass is 10.1. The first-order valence-electron chi connectivity index (χ1n) is 6.62. The van der Waals surface area contributed by atoms with Crippen molar-refractivity contribution in [2.45, 2.75) is 45.6 Å². The third kappa shape index (κ3) is 6.32. The van der Waals surface area contributed by atoms with E-state index in [1.165, 1.54) is 31.2 Å². The average Bonchev–Trinajstić information content (AvgIpc) is 2.30. The summed E-state index contributed by atoms with van der Waals surface area (Å²) >= 11 is 0. The highest BCUT2D eigenvalue weighted by Gasteiger charge is 1.98. The monoisotopic (exact) mass is 235 g/mol. The number of aryl methyl sites for hydroxylation is 1. The van der Waals surface area contributed by atoms with Gasteiger partial charge >= 0.3 is 0 Å². The van der Waals surface area contributed by atoms with E-state index in [4.69, 9.17) is 4.74 Å². The lowest BCUT2D eigenvalue weighted by molar-refractivity contribution is 0.242. The van der Waals surface area contributed by atoms with Crippen molar-refractivity contribution in [2.24, 2.45) is 0 Å². The van der Waals surface area contributed by atoms with E-state index in [2.05, 4.69) is 43.4 Å². The molecule has 96 valence electrons. The van der Waals surface area contributed by atoms with Gasteiger partial charge in [-0.25, -0.2) is 0 Å². The normalized spacial score (nSPS) is 10.8. The van der Waals surface area contributed by atoms with Gasteiger partial charge in [-0.15, -0.1) is 0 Å². The number of ether oxygens (including phenoxy) is 1. The minimum absolute atomic E-state index is 0.252. The van der Waals surface area contributed by atoms with Gasteiger partial charge in [-0.3, -0.25) is 0 Å². The molecule has 1 rings (SSSR count). The molecule has 1 N–H and O–H groups in total. The molecular weight excluding hydrogens is 210 g/mol. The first-order valence-corrected chi connectivity index (χ1v) is 6.62. The minimum atomic E-state index is 0.252. The second kappa shape index (κ2) is 8.13. The maximum absolute atomic E-state index is 5.62. The van der Waals surface area contributed by atoms with Crippen LogP contribution in [0, 0.1) is 0 Å². The summed E-state index contributed by atoms with van der Waals surface area (Å²) in [6.07, 6.45) is 5.26. The number of unbranched alkanes of at least 4 members (excludes halogenated alkanes) is 2. The van der Waals surface area contributed by atoms with E-state index in [0.29, 0.717) is 0 Å². The summed E-state index contributed by atoms with van der Waals surface area (Å²) in [5, 5.41) is 3.18. The summed E-state index contributed by atoms with van der Waals surface area (Å²) in [5.74, 6) is 0.971. The van der Waals surface area contributed by atoms with Gasteiger partial charge in [-0.05, 0) is 64.4 Å². The van der Waals surface area contributed by atoms with Crippen molar-refractivity contribution in [2.75, 3.05) is 13.6 Å². The van der Waals surface area contributed by atoms with Gasteiger partial charge in [0.05, 0.1) is 6.10 Å². The fourth-order valence-electron chi connectivity index (χ4n) is 1.81. The zero-order valence-corrected chi connectivity index (χ0v) is 11.3. The molecule has 0 aliphatic rings. The maximum Gasteiger partial charge on any atom is 0.119 e. The first-order chi connectivity index (χ1) is 8.22. The van der Waals surface area contributed by atoms with Crippen molar-refractivity contribution in [3.63, 3.8) is 0 Å². The molecule has 0 saturated carbocycles. The van der Waals surface area contributed by atoms with Gasteiger partial charge in [0.15, 0.2) is 0 Å². The van der Waals surface area contributed by atoms with Crippen molar-refractivity contribution in [3.8, 4) is 5.75 Å². The Morgan fingerprint density at radius 3 is 2.35 bits per heavy atom. The zero-order valence-electron chi connectivity index (χ0n) is 11.3. The smallest absolute Gasteiger partial charge is 0.119 e.